The topological polar surface area (TPSA) is 36.4 Å². The van der Waals surface area contributed by atoms with E-state index in [1.54, 1.807) is 0 Å². The van der Waals surface area contributed by atoms with Gasteiger partial charge in [-0.3, -0.25) is 5.43 Å². The molecule has 1 atom stereocenters. The van der Waals surface area contributed by atoms with E-state index < -0.39 is 0 Å². The van der Waals surface area contributed by atoms with Crippen LogP contribution in [0, 0.1) is 0 Å². The highest BCUT2D eigenvalue weighted by atomic mass is 31.0. The molecule has 3 nitrogen and oxygen atoms in total. The third kappa shape index (κ3) is 6.30. The zero-order valence-corrected chi connectivity index (χ0v) is 18.6. The van der Waals surface area contributed by atoms with E-state index in [0.717, 1.165) is 54.5 Å². The maximum Gasteiger partial charge on any atom is 0.0597 e. The average molecular weight is 416 g/mol. The number of benzene rings is 2. The summed E-state index contributed by atoms with van der Waals surface area (Å²) in [6.45, 7) is 8.79. The molecular weight excluding hydrogens is 385 g/mol. The Morgan fingerprint density at radius 1 is 1.13 bits per heavy atom. The third-order valence-electron chi connectivity index (χ3n) is 5.15. The Morgan fingerprint density at radius 3 is 2.73 bits per heavy atom. The van der Waals surface area contributed by atoms with Crippen molar-refractivity contribution in [3.63, 3.8) is 0 Å². The van der Waals surface area contributed by atoms with E-state index in [0.29, 0.717) is 0 Å². The van der Waals surface area contributed by atoms with Gasteiger partial charge in [0.05, 0.1) is 5.70 Å². The Hall–Kier alpha value is -2.90. The van der Waals surface area contributed by atoms with Crippen molar-refractivity contribution in [2.45, 2.75) is 25.7 Å². The minimum absolute atomic E-state index is 0.810. The van der Waals surface area contributed by atoms with E-state index in [2.05, 4.69) is 105 Å². The number of allylic oxidation sites excluding steroid dienone is 5. The van der Waals surface area contributed by atoms with E-state index in [1.807, 2.05) is 6.07 Å². The van der Waals surface area contributed by atoms with Gasteiger partial charge in [0.2, 0.25) is 0 Å². The van der Waals surface area contributed by atoms with Gasteiger partial charge < -0.3 is 5.32 Å². The Kier molecular flexibility index (Phi) is 8.23. The smallest absolute Gasteiger partial charge is 0.0597 e. The lowest BCUT2D eigenvalue weighted by atomic mass is 9.92. The molecule has 154 valence electrons. The number of nitrogens with one attached hydrogen (secondary N) is 2. The van der Waals surface area contributed by atoms with Crippen LogP contribution in [0.25, 0.3) is 5.70 Å². The van der Waals surface area contributed by atoms with Gasteiger partial charge in [-0.2, -0.15) is 5.10 Å². The molecule has 2 aromatic rings. The molecule has 1 aliphatic carbocycles. The van der Waals surface area contributed by atoms with E-state index in [4.69, 9.17) is 0 Å². The van der Waals surface area contributed by atoms with Gasteiger partial charge >= 0.3 is 0 Å². The summed E-state index contributed by atoms with van der Waals surface area (Å²) in [6.07, 6.45) is 10.5. The van der Waals surface area contributed by atoms with Gasteiger partial charge in [0.1, 0.15) is 0 Å². The summed E-state index contributed by atoms with van der Waals surface area (Å²) in [5.41, 5.74) is 10.1. The van der Waals surface area contributed by atoms with Crippen LogP contribution in [0.1, 0.15) is 30.4 Å². The molecule has 0 fully saturated rings. The van der Waals surface area contributed by atoms with E-state index in [1.165, 1.54) is 16.7 Å². The quantitative estimate of drug-likeness (QED) is 0.321. The molecule has 2 N–H and O–H groups in total. The van der Waals surface area contributed by atoms with Gasteiger partial charge in [0.25, 0.3) is 0 Å². The van der Waals surface area contributed by atoms with Crippen molar-refractivity contribution < 1.29 is 0 Å². The van der Waals surface area contributed by atoms with Crippen LogP contribution in [0.2, 0.25) is 0 Å². The highest BCUT2D eigenvalue weighted by Crippen LogP contribution is 2.27. The Bertz CT molecular complexity index is 971. The molecule has 1 aliphatic rings. The van der Waals surface area contributed by atoms with Crippen LogP contribution in [-0.4, -0.2) is 13.3 Å². The van der Waals surface area contributed by atoms with Gasteiger partial charge in [-0.1, -0.05) is 73.3 Å². The maximum absolute atomic E-state index is 4.32. The van der Waals surface area contributed by atoms with Crippen LogP contribution in [0.15, 0.2) is 101 Å². The summed E-state index contributed by atoms with van der Waals surface area (Å²) in [5, 5.41) is 8.56. The second kappa shape index (κ2) is 11.3. The van der Waals surface area contributed by atoms with Gasteiger partial charge in [-0.05, 0) is 59.3 Å². The summed E-state index contributed by atoms with van der Waals surface area (Å²) in [5.74, 6) is 0. The summed E-state index contributed by atoms with van der Waals surface area (Å²) >= 11 is 0. The molecule has 4 heteroatoms. The van der Waals surface area contributed by atoms with Crippen molar-refractivity contribution in [2.75, 3.05) is 6.54 Å². The minimum Gasteiger partial charge on any atom is -0.385 e. The molecule has 0 saturated carbocycles. The fourth-order valence-corrected chi connectivity index (χ4v) is 3.88. The molecule has 0 radical (unpaired) electrons. The van der Waals surface area contributed by atoms with E-state index >= 15 is 0 Å². The van der Waals surface area contributed by atoms with Crippen LogP contribution >= 0.6 is 9.24 Å². The van der Waals surface area contributed by atoms with Gasteiger partial charge in [-0.15, -0.1) is 9.24 Å². The second-order valence-electron chi connectivity index (χ2n) is 7.30. The van der Waals surface area contributed by atoms with Crippen molar-refractivity contribution in [3.8, 4) is 0 Å². The Balaban J connectivity index is 1.70. The lowest BCUT2D eigenvalue weighted by Gasteiger charge is -2.19. The van der Waals surface area contributed by atoms with Crippen molar-refractivity contribution in [1.82, 2.24) is 10.7 Å². The lowest BCUT2D eigenvalue weighted by Crippen LogP contribution is -2.18. The number of rotatable bonds is 10. The average Bonchev–Trinajstić information content (AvgIpc) is 2.77. The molecule has 0 bridgehead atoms. The summed E-state index contributed by atoms with van der Waals surface area (Å²) in [7, 11) is 2.74. The predicted octanol–water partition coefficient (Wildman–Crippen LogP) is 5.12. The lowest BCUT2D eigenvalue weighted by molar-refractivity contribution is 0.774. The highest BCUT2D eigenvalue weighted by molar-refractivity contribution is 7.27. The first-order chi connectivity index (χ1) is 14.7. The number of nitrogens with zero attached hydrogens (tertiary/aromatic N) is 1. The van der Waals surface area contributed by atoms with Crippen molar-refractivity contribution in [2.24, 2.45) is 5.10 Å². The van der Waals surface area contributed by atoms with Crippen molar-refractivity contribution >= 4 is 27.0 Å². The molecule has 2 aromatic carbocycles. The second-order valence-corrected chi connectivity index (χ2v) is 7.97. The molecule has 0 amide bonds. The third-order valence-corrected chi connectivity index (χ3v) is 5.51. The number of hydrogen-bond donors (Lipinski definition) is 2. The molecule has 30 heavy (non-hydrogen) atoms. The molecule has 1 unspecified atom stereocenters. The molecule has 0 spiro atoms. The fourth-order valence-electron chi connectivity index (χ4n) is 3.59. The Morgan fingerprint density at radius 2 is 1.97 bits per heavy atom. The van der Waals surface area contributed by atoms with Gasteiger partial charge in [0.15, 0.2) is 0 Å². The maximum atomic E-state index is 4.32. The SMILES string of the molecule is C=NN/C(=C\CC1=C(C(=C)NCCc2ccccc2)CCC=C1)c1cccc(P)c1. The molecular formula is C26H30N3P. The first-order valence-electron chi connectivity index (χ1n) is 10.3. The zero-order chi connectivity index (χ0) is 21.2. The van der Waals surface area contributed by atoms with Crippen LogP contribution < -0.4 is 16.0 Å². The largest absolute Gasteiger partial charge is 0.385 e. The molecule has 0 aliphatic heterocycles. The molecule has 0 aromatic heterocycles. The van der Waals surface area contributed by atoms with Crippen LogP contribution in [0.5, 0.6) is 0 Å². The van der Waals surface area contributed by atoms with E-state index in [-0.39, 0.29) is 0 Å². The predicted molar refractivity (Wildman–Crippen MR) is 134 cm³/mol. The van der Waals surface area contributed by atoms with Crippen molar-refractivity contribution in [1.29, 1.82) is 0 Å². The van der Waals surface area contributed by atoms with Gasteiger partial charge in [0, 0.05) is 19.0 Å². The first kappa shape index (κ1) is 21.8. The molecule has 3 rings (SSSR count). The number of hydrogen-bond acceptors (Lipinski definition) is 3. The standard InChI is InChI=1S/C26H30N3P/c1-20(28-18-17-21-9-4-3-5-10-21)25-14-7-6-11-22(25)15-16-26(29-27-2)23-12-8-13-24(30)19-23/h3-6,8-13,16,19,28-29H,1-2,7,14-15,17-18,30H2/b26-16-. The highest BCUT2D eigenvalue weighted by Gasteiger charge is 2.12. The van der Waals surface area contributed by atoms with Gasteiger partial charge in [-0.25, -0.2) is 0 Å². The van der Waals surface area contributed by atoms with Crippen LogP contribution in [0.3, 0.4) is 0 Å². The van der Waals surface area contributed by atoms with Crippen molar-refractivity contribution in [3.05, 3.63) is 107 Å². The normalized spacial score (nSPS) is 13.8. The summed E-state index contributed by atoms with van der Waals surface area (Å²) in [4.78, 5) is 0. The summed E-state index contributed by atoms with van der Waals surface area (Å²) in [6, 6.07) is 18.8. The molecule has 0 heterocycles. The monoisotopic (exact) mass is 415 g/mol. The fraction of sp³-hybridized carbons (Fsp3) is 0.192. The van der Waals surface area contributed by atoms with Crippen LogP contribution in [0.4, 0.5) is 0 Å². The van der Waals surface area contributed by atoms with Crippen LogP contribution in [-0.2, 0) is 6.42 Å². The molecule has 0 saturated heterocycles. The first-order valence-corrected chi connectivity index (χ1v) is 10.9. The zero-order valence-electron chi connectivity index (χ0n) is 17.4. The Labute approximate surface area is 182 Å². The minimum atomic E-state index is 0.810. The van der Waals surface area contributed by atoms with E-state index in [9.17, 15) is 0 Å². The summed E-state index contributed by atoms with van der Waals surface area (Å²) < 4.78 is 0. The number of hydrazone groups is 1.